The lowest BCUT2D eigenvalue weighted by Crippen LogP contribution is -2.38. The molecule has 0 saturated carbocycles. The minimum Gasteiger partial charge on any atom is -0.314 e. The number of piperidine rings is 1. The number of nitrogens with one attached hydrogen (secondary N) is 2. The van der Waals surface area contributed by atoms with Gasteiger partial charge >= 0.3 is 0 Å². The normalized spacial score (nSPS) is 23.6. The van der Waals surface area contributed by atoms with E-state index in [1.807, 2.05) is 0 Å². The van der Waals surface area contributed by atoms with Gasteiger partial charge in [0.2, 0.25) is 10.0 Å². The zero-order valence-electron chi connectivity index (χ0n) is 9.70. The molecule has 1 aliphatic heterocycles. The molecule has 1 fully saturated rings. The monoisotopic (exact) mass is 244 g/mol. The van der Waals surface area contributed by atoms with Crippen LogP contribution in [0.2, 0.25) is 0 Å². The Morgan fingerprint density at radius 3 is 2.88 bits per heavy atom. The number of rotatable bonds is 5. The topological polar surface area (TPSA) is 58.2 Å². The second-order valence-electron chi connectivity index (χ2n) is 4.26. The van der Waals surface area contributed by atoms with Crippen LogP contribution in [0.4, 0.5) is 0 Å². The summed E-state index contributed by atoms with van der Waals surface area (Å²) < 4.78 is 25.7. The smallest absolute Gasteiger partial charge is 0.212 e. The first-order chi connectivity index (χ1) is 7.53. The summed E-state index contributed by atoms with van der Waals surface area (Å²) in [5.74, 6) is 2.50. The van der Waals surface area contributed by atoms with E-state index in [0.717, 1.165) is 13.0 Å². The Morgan fingerprint density at radius 2 is 2.31 bits per heavy atom. The predicted octanol–water partition coefficient (Wildman–Crippen LogP) is 0.460. The van der Waals surface area contributed by atoms with Crippen molar-refractivity contribution in [1.29, 1.82) is 0 Å². The molecule has 1 rings (SSSR count). The van der Waals surface area contributed by atoms with E-state index in [9.17, 15) is 8.42 Å². The summed E-state index contributed by atoms with van der Waals surface area (Å²) in [5.41, 5.74) is 0. The number of hydrogen-bond donors (Lipinski definition) is 2. The van der Waals surface area contributed by atoms with Crippen molar-refractivity contribution in [1.82, 2.24) is 10.0 Å². The van der Waals surface area contributed by atoms with Gasteiger partial charge in [-0.1, -0.05) is 12.3 Å². The van der Waals surface area contributed by atoms with E-state index >= 15 is 0 Å². The molecule has 2 unspecified atom stereocenters. The summed E-state index contributed by atoms with van der Waals surface area (Å²) in [6.07, 6.45) is 9.23. The highest BCUT2D eigenvalue weighted by atomic mass is 32.2. The Morgan fingerprint density at radius 1 is 1.56 bits per heavy atom. The second-order valence-corrected chi connectivity index (χ2v) is 6.13. The van der Waals surface area contributed by atoms with E-state index in [1.54, 1.807) is 6.92 Å². The van der Waals surface area contributed by atoms with Crippen molar-refractivity contribution in [2.75, 3.05) is 12.3 Å². The molecule has 1 aliphatic rings. The van der Waals surface area contributed by atoms with Crippen LogP contribution in [0.3, 0.4) is 0 Å². The average Bonchev–Trinajstić information content (AvgIpc) is 2.27. The standard InChI is InChI=1S/C11H20N2O2S/c1-3-10(2)13-16(14,15)9-7-11-6-4-5-8-12-11/h1,10-13H,4-9H2,2H3. The molecule has 0 bridgehead atoms. The molecular formula is C11H20N2O2S. The van der Waals surface area contributed by atoms with Crippen molar-refractivity contribution in [2.45, 2.75) is 44.7 Å². The lowest BCUT2D eigenvalue weighted by atomic mass is 10.0. The van der Waals surface area contributed by atoms with Crippen LogP contribution in [0.15, 0.2) is 0 Å². The molecule has 16 heavy (non-hydrogen) atoms. The first kappa shape index (κ1) is 13.5. The Balaban J connectivity index is 2.32. The van der Waals surface area contributed by atoms with Gasteiger partial charge < -0.3 is 5.32 Å². The summed E-state index contributed by atoms with van der Waals surface area (Å²) in [7, 11) is -3.22. The zero-order valence-corrected chi connectivity index (χ0v) is 10.5. The molecule has 0 aliphatic carbocycles. The number of sulfonamides is 1. The highest BCUT2D eigenvalue weighted by Gasteiger charge is 2.18. The third kappa shape index (κ3) is 4.97. The van der Waals surface area contributed by atoms with Crippen molar-refractivity contribution in [3.05, 3.63) is 0 Å². The lowest BCUT2D eigenvalue weighted by Gasteiger charge is -2.23. The minimum atomic E-state index is -3.22. The van der Waals surface area contributed by atoms with Crippen LogP contribution in [-0.2, 0) is 10.0 Å². The van der Waals surface area contributed by atoms with Crippen molar-refractivity contribution in [3.8, 4) is 12.3 Å². The van der Waals surface area contributed by atoms with Gasteiger partial charge in [0.1, 0.15) is 0 Å². The molecule has 0 aromatic heterocycles. The third-order valence-electron chi connectivity index (χ3n) is 2.75. The summed E-state index contributed by atoms with van der Waals surface area (Å²) >= 11 is 0. The number of hydrogen-bond acceptors (Lipinski definition) is 3. The average molecular weight is 244 g/mol. The maximum atomic E-state index is 11.6. The van der Waals surface area contributed by atoms with Gasteiger partial charge in [-0.3, -0.25) is 0 Å². The van der Waals surface area contributed by atoms with Crippen LogP contribution >= 0.6 is 0 Å². The van der Waals surface area contributed by atoms with Gasteiger partial charge in [-0.25, -0.2) is 13.1 Å². The highest BCUT2D eigenvalue weighted by Crippen LogP contribution is 2.10. The Kier molecular flexibility index (Phi) is 5.26. The van der Waals surface area contributed by atoms with Gasteiger partial charge in [-0.2, -0.15) is 0 Å². The largest absolute Gasteiger partial charge is 0.314 e. The summed E-state index contributed by atoms with van der Waals surface area (Å²) in [5, 5.41) is 3.33. The van der Waals surface area contributed by atoms with Crippen LogP contribution in [-0.4, -0.2) is 32.8 Å². The Hall–Kier alpha value is -0.570. The molecule has 0 spiro atoms. The van der Waals surface area contributed by atoms with Crippen LogP contribution < -0.4 is 10.0 Å². The molecular weight excluding hydrogens is 224 g/mol. The SMILES string of the molecule is C#CC(C)NS(=O)(=O)CCC1CCCCN1. The van der Waals surface area contributed by atoms with Gasteiger partial charge in [0, 0.05) is 6.04 Å². The summed E-state index contributed by atoms with van der Waals surface area (Å²) in [6, 6.07) is -0.0872. The molecule has 5 heteroatoms. The molecule has 0 aromatic rings. The second kappa shape index (κ2) is 6.24. The van der Waals surface area contributed by atoms with E-state index in [1.165, 1.54) is 12.8 Å². The summed E-state index contributed by atoms with van der Waals surface area (Å²) in [4.78, 5) is 0. The molecule has 0 aromatic carbocycles. The fraction of sp³-hybridized carbons (Fsp3) is 0.818. The molecule has 4 nitrogen and oxygen atoms in total. The first-order valence-corrected chi connectivity index (χ1v) is 7.38. The van der Waals surface area contributed by atoms with E-state index < -0.39 is 16.1 Å². The quantitative estimate of drug-likeness (QED) is 0.691. The first-order valence-electron chi connectivity index (χ1n) is 5.73. The van der Waals surface area contributed by atoms with Gasteiger partial charge in [0.25, 0.3) is 0 Å². The van der Waals surface area contributed by atoms with Crippen LogP contribution in [0, 0.1) is 12.3 Å². The lowest BCUT2D eigenvalue weighted by molar-refractivity contribution is 0.392. The maximum absolute atomic E-state index is 11.6. The van der Waals surface area contributed by atoms with Gasteiger partial charge in [0.15, 0.2) is 0 Å². The molecule has 2 N–H and O–H groups in total. The number of terminal acetylenes is 1. The maximum Gasteiger partial charge on any atom is 0.212 e. The third-order valence-corrected chi connectivity index (χ3v) is 4.24. The molecule has 1 heterocycles. The molecule has 92 valence electrons. The van der Waals surface area contributed by atoms with E-state index in [4.69, 9.17) is 6.42 Å². The fourth-order valence-electron chi connectivity index (χ4n) is 1.83. The van der Waals surface area contributed by atoms with Crippen LogP contribution in [0.25, 0.3) is 0 Å². The predicted molar refractivity (Wildman–Crippen MR) is 65.5 cm³/mol. The van der Waals surface area contributed by atoms with Gasteiger partial charge in [-0.05, 0) is 32.7 Å². The zero-order chi connectivity index (χ0) is 12.0. The van der Waals surface area contributed by atoms with Crippen molar-refractivity contribution in [3.63, 3.8) is 0 Å². The van der Waals surface area contributed by atoms with Crippen LogP contribution in [0.5, 0.6) is 0 Å². The van der Waals surface area contributed by atoms with Crippen molar-refractivity contribution in [2.24, 2.45) is 0 Å². The van der Waals surface area contributed by atoms with E-state index in [-0.39, 0.29) is 5.75 Å². The highest BCUT2D eigenvalue weighted by molar-refractivity contribution is 7.89. The molecule has 0 amide bonds. The van der Waals surface area contributed by atoms with Crippen molar-refractivity contribution < 1.29 is 8.42 Å². The van der Waals surface area contributed by atoms with Crippen LogP contribution in [0.1, 0.15) is 32.6 Å². The molecule has 1 saturated heterocycles. The Bertz CT molecular complexity index is 339. The molecule has 2 atom stereocenters. The Labute approximate surface area is 98.2 Å². The van der Waals surface area contributed by atoms with Gasteiger partial charge in [0.05, 0.1) is 11.8 Å². The van der Waals surface area contributed by atoms with E-state index in [2.05, 4.69) is 16.0 Å². The summed E-state index contributed by atoms with van der Waals surface area (Å²) in [6.45, 7) is 2.66. The van der Waals surface area contributed by atoms with Crippen molar-refractivity contribution >= 4 is 10.0 Å². The minimum absolute atomic E-state index is 0.149. The fourth-order valence-corrected chi connectivity index (χ4v) is 3.15. The van der Waals surface area contributed by atoms with E-state index in [0.29, 0.717) is 12.5 Å². The molecule has 0 radical (unpaired) electrons. The van der Waals surface area contributed by atoms with Gasteiger partial charge in [-0.15, -0.1) is 6.42 Å².